The Morgan fingerprint density at radius 2 is 1.68 bits per heavy atom. The summed E-state index contributed by atoms with van der Waals surface area (Å²) in [6, 6.07) is 0. The minimum absolute atomic E-state index is 0.168. The lowest BCUT2D eigenvalue weighted by atomic mass is 10.5. The molecule has 0 aromatic heterocycles. The molecule has 7 heteroatoms. The maximum Gasteiger partial charge on any atom is 0.0823 e. The SMILES string of the molecule is CCOCC[P+](C)(C)CCOCCOC.CSCCC(=O)[O-]. The van der Waals surface area contributed by atoms with Crippen molar-refractivity contribution >= 4 is 25.0 Å². The van der Waals surface area contributed by atoms with E-state index in [1.54, 1.807) is 7.11 Å². The highest BCUT2D eigenvalue weighted by Crippen LogP contribution is 2.50. The molecule has 134 valence electrons. The molecule has 0 saturated carbocycles. The Kier molecular flexibility index (Phi) is 19.4. The number of thioether (sulfide) groups is 1. The second kappa shape index (κ2) is 17.5. The van der Waals surface area contributed by atoms with Gasteiger partial charge in [-0.3, -0.25) is 0 Å². The van der Waals surface area contributed by atoms with E-state index in [0.29, 0.717) is 19.0 Å². The van der Waals surface area contributed by atoms with Crippen molar-refractivity contribution in [1.29, 1.82) is 0 Å². The zero-order valence-electron chi connectivity index (χ0n) is 14.8. The van der Waals surface area contributed by atoms with Gasteiger partial charge < -0.3 is 24.1 Å². The minimum atomic E-state index is -0.964. The first-order valence-corrected chi connectivity index (χ1v) is 12.0. The quantitative estimate of drug-likeness (QED) is 0.368. The van der Waals surface area contributed by atoms with E-state index in [0.717, 1.165) is 19.8 Å². The van der Waals surface area contributed by atoms with E-state index in [2.05, 4.69) is 13.3 Å². The van der Waals surface area contributed by atoms with Crippen LogP contribution in [-0.4, -0.2) is 83.8 Å². The van der Waals surface area contributed by atoms with Crippen LogP contribution in [0.25, 0.3) is 0 Å². The Bertz CT molecular complexity index is 252. The van der Waals surface area contributed by atoms with Gasteiger partial charge in [0.15, 0.2) is 0 Å². The smallest absolute Gasteiger partial charge is 0.0823 e. The van der Waals surface area contributed by atoms with Crippen molar-refractivity contribution in [2.45, 2.75) is 13.3 Å². The van der Waals surface area contributed by atoms with E-state index in [-0.39, 0.29) is 6.42 Å². The fraction of sp³-hybridized carbons (Fsp3) is 0.933. The standard InChI is InChI=1S/C11H26O3P.C4H8O2S/c1-5-13-8-10-15(3,4)11-9-14-7-6-12-2;1-7-3-2-4(5)6/h5-11H2,1-4H3;2-3H2,1H3,(H,5,6)/q+1;/p-1. The number of hydrogen-bond donors (Lipinski definition) is 0. The molecule has 0 saturated heterocycles. The molecular weight excluding hydrogens is 323 g/mol. The lowest BCUT2D eigenvalue weighted by Gasteiger charge is -2.17. The van der Waals surface area contributed by atoms with Gasteiger partial charge in [-0.25, -0.2) is 0 Å². The zero-order chi connectivity index (χ0) is 17.3. The fourth-order valence-corrected chi connectivity index (χ4v) is 3.15. The molecule has 0 aromatic carbocycles. The van der Waals surface area contributed by atoms with Crippen LogP contribution >= 0.6 is 19.0 Å². The van der Waals surface area contributed by atoms with Crippen molar-refractivity contribution in [3.05, 3.63) is 0 Å². The van der Waals surface area contributed by atoms with Crippen molar-refractivity contribution in [2.24, 2.45) is 0 Å². The van der Waals surface area contributed by atoms with Gasteiger partial charge in [0.25, 0.3) is 0 Å². The summed E-state index contributed by atoms with van der Waals surface area (Å²) in [7, 11) is 0.885. The largest absolute Gasteiger partial charge is 0.550 e. The van der Waals surface area contributed by atoms with E-state index in [9.17, 15) is 9.90 Å². The third-order valence-corrected chi connectivity index (χ3v) is 6.23. The highest BCUT2D eigenvalue weighted by Gasteiger charge is 2.23. The topological polar surface area (TPSA) is 67.8 Å². The second-order valence-electron chi connectivity index (χ2n) is 5.30. The second-order valence-corrected chi connectivity index (χ2v) is 11.1. The highest BCUT2D eigenvalue weighted by atomic mass is 32.2. The van der Waals surface area contributed by atoms with E-state index >= 15 is 0 Å². The van der Waals surface area contributed by atoms with E-state index in [1.807, 2.05) is 13.2 Å². The van der Waals surface area contributed by atoms with Gasteiger partial charge in [-0.05, 0) is 25.4 Å². The van der Waals surface area contributed by atoms with Crippen LogP contribution in [0.1, 0.15) is 13.3 Å². The van der Waals surface area contributed by atoms with E-state index < -0.39 is 13.2 Å². The number of ether oxygens (including phenoxy) is 3. The average Bonchev–Trinajstić information content (AvgIpc) is 2.45. The summed E-state index contributed by atoms with van der Waals surface area (Å²) < 4.78 is 15.8. The summed E-state index contributed by atoms with van der Waals surface area (Å²) in [4.78, 5) is 9.63. The first-order chi connectivity index (χ1) is 10.4. The Morgan fingerprint density at radius 1 is 1.09 bits per heavy atom. The molecule has 0 bridgehead atoms. The van der Waals surface area contributed by atoms with E-state index in [4.69, 9.17) is 14.2 Å². The lowest BCUT2D eigenvalue weighted by molar-refractivity contribution is -0.305. The molecular formula is C15H33O5PS. The van der Waals surface area contributed by atoms with Gasteiger partial charge in [0.2, 0.25) is 0 Å². The van der Waals surface area contributed by atoms with Crippen LogP contribution in [0.4, 0.5) is 0 Å². The van der Waals surface area contributed by atoms with Crippen molar-refractivity contribution in [3.63, 3.8) is 0 Å². The number of carboxylic acid groups (broad SMARTS) is 1. The van der Waals surface area contributed by atoms with Crippen LogP contribution in [0, 0.1) is 0 Å². The third kappa shape index (κ3) is 22.4. The van der Waals surface area contributed by atoms with Crippen LogP contribution in [0.15, 0.2) is 0 Å². The molecule has 0 aromatic rings. The number of hydrogen-bond acceptors (Lipinski definition) is 6. The molecule has 0 heterocycles. The molecule has 0 unspecified atom stereocenters. The predicted molar refractivity (Wildman–Crippen MR) is 95.7 cm³/mol. The monoisotopic (exact) mass is 356 g/mol. The number of carbonyl (C=O) groups excluding carboxylic acids is 1. The molecule has 0 amide bonds. The molecule has 0 aliphatic heterocycles. The summed E-state index contributed by atoms with van der Waals surface area (Å²) >= 11 is 1.51. The van der Waals surface area contributed by atoms with Gasteiger partial charge >= 0.3 is 0 Å². The van der Waals surface area contributed by atoms with E-state index in [1.165, 1.54) is 24.1 Å². The number of rotatable bonds is 13. The van der Waals surface area contributed by atoms with Crippen molar-refractivity contribution in [1.82, 2.24) is 0 Å². The van der Waals surface area contributed by atoms with Gasteiger partial charge in [-0.2, -0.15) is 11.8 Å². The molecule has 0 radical (unpaired) electrons. The van der Waals surface area contributed by atoms with Gasteiger partial charge in [0, 0.05) is 40.3 Å². The first kappa shape index (κ1) is 24.4. The summed E-state index contributed by atoms with van der Waals surface area (Å²) in [5.74, 6) is -0.308. The van der Waals surface area contributed by atoms with Crippen LogP contribution in [-0.2, 0) is 19.0 Å². The summed E-state index contributed by atoms with van der Waals surface area (Å²) in [6.45, 7) is 10.8. The summed E-state index contributed by atoms with van der Waals surface area (Å²) in [5, 5.41) is 9.63. The lowest BCUT2D eigenvalue weighted by Crippen LogP contribution is -2.22. The van der Waals surface area contributed by atoms with Crippen LogP contribution in [0.2, 0.25) is 0 Å². The maximum absolute atomic E-state index is 9.63. The third-order valence-electron chi connectivity index (χ3n) is 2.83. The van der Waals surface area contributed by atoms with Gasteiger partial charge in [0.1, 0.15) is 0 Å². The number of aliphatic carboxylic acids is 1. The van der Waals surface area contributed by atoms with Crippen LogP contribution < -0.4 is 5.11 Å². The molecule has 22 heavy (non-hydrogen) atoms. The Labute approximate surface area is 140 Å². The summed E-state index contributed by atoms with van der Waals surface area (Å²) in [5.41, 5.74) is 0. The Morgan fingerprint density at radius 3 is 2.09 bits per heavy atom. The molecule has 0 aliphatic rings. The first-order valence-electron chi connectivity index (χ1n) is 7.54. The predicted octanol–water partition coefficient (Wildman–Crippen LogP) is 1.45. The van der Waals surface area contributed by atoms with Gasteiger partial charge in [-0.15, -0.1) is 0 Å². The molecule has 5 nitrogen and oxygen atoms in total. The molecule has 0 rings (SSSR count). The molecule has 0 fully saturated rings. The van der Waals surface area contributed by atoms with Crippen molar-refractivity contribution in [2.75, 3.05) is 77.8 Å². The molecule has 0 N–H and O–H groups in total. The number of methoxy groups -OCH3 is 1. The normalized spacial score (nSPS) is 11.0. The fourth-order valence-electron chi connectivity index (χ4n) is 1.31. The molecule has 0 aliphatic carbocycles. The van der Waals surface area contributed by atoms with Crippen molar-refractivity contribution in [3.8, 4) is 0 Å². The van der Waals surface area contributed by atoms with Crippen LogP contribution in [0.5, 0.6) is 0 Å². The Hall–Kier alpha value is 0.130. The molecule has 0 spiro atoms. The van der Waals surface area contributed by atoms with Crippen molar-refractivity contribution < 1.29 is 24.1 Å². The zero-order valence-corrected chi connectivity index (χ0v) is 16.5. The number of carbonyl (C=O) groups is 1. The molecule has 0 atom stereocenters. The minimum Gasteiger partial charge on any atom is -0.550 e. The number of carboxylic acids is 1. The highest BCUT2D eigenvalue weighted by molar-refractivity contribution is 7.98. The Balaban J connectivity index is 0. The van der Waals surface area contributed by atoms with Crippen LogP contribution in [0.3, 0.4) is 0 Å². The maximum atomic E-state index is 9.63. The average molecular weight is 356 g/mol. The van der Waals surface area contributed by atoms with Gasteiger partial charge in [-0.1, -0.05) is 0 Å². The van der Waals surface area contributed by atoms with Gasteiger partial charge in [0.05, 0.1) is 38.8 Å². The summed E-state index contributed by atoms with van der Waals surface area (Å²) in [6.07, 6.45) is 4.42.